The number of ether oxygens (including phenoxy) is 1. The number of hydrogen-bond donors (Lipinski definition) is 4. The zero-order chi connectivity index (χ0) is 31.5. The highest BCUT2D eigenvalue weighted by molar-refractivity contribution is 6.39. The molecule has 2 aromatic heterocycles. The summed E-state index contributed by atoms with van der Waals surface area (Å²) in [5.41, 5.74) is 5.77. The van der Waals surface area contributed by atoms with Crippen molar-refractivity contribution in [1.29, 1.82) is 0 Å². The summed E-state index contributed by atoms with van der Waals surface area (Å²) in [6.45, 7) is 1.71. The molecule has 2 atom stereocenters. The summed E-state index contributed by atoms with van der Waals surface area (Å²) in [5.74, 6) is -0.431. The number of fused-ring (bicyclic) bond motifs is 1. The highest BCUT2D eigenvalue weighted by Crippen LogP contribution is 2.42. The Balaban J connectivity index is 1.25. The van der Waals surface area contributed by atoms with Crippen LogP contribution in [0.2, 0.25) is 10.0 Å². The topological polar surface area (TPSA) is 143 Å². The number of carbonyl (C=O) groups is 2. The van der Waals surface area contributed by atoms with Gasteiger partial charge in [0.25, 0.3) is 0 Å². The number of benzene rings is 2. The second-order valence-electron chi connectivity index (χ2n) is 11.1. The van der Waals surface area contributed by atoms with E-state index in [4.69, 9.17) is 43.1 Å². The molecule has 1 saturated heterocycles. The number of nitrogens with one attached hydrogen (secondary N) is 3. The van der Waals surface area contributed by atoms with Gasteiger partial charge in [-0.3, -0.25) is 24.6 Å². The minimum Gasteiger partial charge on any atom is -0.480 e. The summed E-state index contributed by atoms with van der Waals surface area (Å²) < 4.78 is 7.49. The van der Waals surface area contributed by atoms with Crippen molar-refractivity contribution in [1.82, 2.24) is 35.7 Å². The molecule has 0 radical (unpaired) electrons. The van der Waals surface area contributed by atoms with Gasteiger partial charge < -0.3 is 20.5 Å². The second-order valence-corrected chi connectivity index (χ2v) is 11.9. The first kappa shape index (κ1) is 31.0. The normalized spacial score (nSPS) is 17.6. The number of halogens is 2. The lowest BCUT2D eigenvalue weighted by Gasteiger charge is -2.23. The summed E-state index contributed by atoms with van der Waals surface area (Å²) in [7, 11) is 1.55. The molecule has 0 aliphatic carbocycles. The molecule has 0 spiro atoms. The van der Waals surface area contributed by atoms with Crippen LogP contribution in [0.25, 0.3) is 33.6 Å². The first-order chi connectivity index (χ1) is 21.8. The second kappa shape index (κ2) is 13.5. The van der Waals surface area contributed by atoms with Crippen molar-refractivity contribution in [3.8, 4) is 39.5 Å². The minimum atomic E-state index is -0.897. The molecule has 2 aliphatic rings. The molecule has 2 aromatic carbocycles. The third kappa shape index (κ3) is 6.67. The average molecular weight is 651 g/mol. The van der Waals surface area contributed by atoms with Crippen molar-refractivity contribution < 1.29 is 19.4 Å². The summed E-state index contributed by atoms with van der Waals surface area (Å²) in [6.07, 6.45) is 4.77. The van der Waals surface area contributed by atoms with Crippen molar-refractivity contribution in [3.05, 3.63) is 70.1 Å². The first-order valence-electron chi connectivity index (χ1n) is 14.8. The molecule has 1 amide bonds. The Morgan fingerprint density at radius 1 is 1.09 bits per heavy atom. The maximum absolute atomic E-state index is 11.5. The predicted octanol–water partition coefficient (Wildman–Crippen LogP) is 4.87. The molecular weight excluding hydrogens is 617 g/mol. The van der Waals surface area contributed by atoms with Gasteiger partial charge in [0, 0.05) is 60.4 Å². The number of aliphatic carboxylic acids is 1. The summed E-state index contributed by atoms with van der Waals surface area (Å²) in [4.78, 5) is 31.9. The van der Waals surface area contributed by atoms with E-state index in [2.05, 4.69) is 20.9 Å². The standard InChI is InChI=1S/C32H33Cl2N7O4/c1-45-32-26(15-35-14-18-10-11-28(42)38-18)36-16-25(39-32)22-8-3-6-20(31(22)34)19-5-2-7-21(30(19)33)24-13-27-23(37-17-29(43)44)9-4-12-41(27)40-24/h2-3,5-8,13,16,18,23,35,37H,4,9-12,14-15,17H2,1H3,(H,38,42)(H,43,44)/t18-,23?/m0/s1. The maximum atomic E-state index is 11.5. The number of carboxylic acid groups (broad SMARTS) is 1. The van der Waals surface area contributed by atoms with Crippen LogP contribution in [0.4, 0.5) is 0 Å². The molecule has 11 nitrogen and oxygen atoms in total. The molecule has 4 heterocycles. The summed E-state index contributed by atoms with van der Waals surface area (Å²) in [6, 6.07) is 13.4. The molecule has 234 valence electrons. The Labute approximate surface area is 270 Å². The van der Waals surface area contributed by atoms with E-state index in [9.17, 15) is 9.59 Å². The van der Waals surface area contributed by atoms with Crippen LogP contribution in [0.5, 0.6) is 5.88 Å². The Hall–Kier alpha value is -4.03. The molecule has 1 unspecified atom stereocenters. The van der Waals surface area contributed by atoms with Gasteiger partial charge in [0.05, 0.1) is 47.0 Å². The third-order valence-electron chi connectivity index (χ3n) is 8.14. The number of methoxy groups -OCH3 is 1. The van der Waals surface area contributed by atoms with Crippen LogP contribution in [0, 0.1) is 0 Å². The molecule has 6 rings (SSSR count). The number of nitrogens with zero attached hydrogens (tertiary/aromatic N) is 4. The number of rotatable bonds is 11. The first-order valence-corrected chi connectivity index (χ1v) is 15.6. The van der Waals surface area contributed by atoms with Crippen molar-refractivity contribution >= 4 is 35.1 Å². The predicted molar refractivity (Wildman–Crippen MR) is 171 cm³/mol. The van der Waals surface area contributed by atoms with Crippen molar-refractivity contribution in [2.45, 2.75) is 50.9 Å². The lowest BCUT2D eigenvalue weighted by Crippen LogP contribution is -2.35. The fourth-order valence-corrected chi connectivity index (χ4v) is 6.56. The van der Waals surface area contributed by atoms with Crippen molar-refractivity contribution in [2.24, 2.45) is 0 Å². The highest BCUT2D eigenvalue weighted by atomic mass is 35.5. The number of carbonyl (C=O) groups excluding carboxylic acids is 1. The smallest absolute Gasteiger partial charge is 0.317 e. The number of aromatic nitrogens is 4. The molecule has 0 bridgehead atoms. The van der Waals surface area contributed by atoms with Crippen molar-refractivity contribution in [2.75, 3.05) is 20.2 Å². The van der Waals surface area contributed by atoms with E-state index >= 15 is 0 Å². The number of hydrogen-bond acceptors (Lipinski definition) is 8. The maximum Gasteiger partial charge on any atom is 0.317 e. The molecule has 1 fully saturated rings. The van der Waals surface area contributed by atoms with Gasteiger partial charge in [-0.2, -0.15) is 5.10 Å². The van der Waals surface area contributed by atoms with Gasteiger partial charge in [0.1, 0.15) is 5.69 Å². The van der Waals surface area contributed by atoms with Crippen LogP contribution < -0.4 is 20.7 Å². The molecule has 13 heteroatoms. The van der Waals surface area contributed by atoms with Crippen LogP contribution >= 0.6 is 23.2 Å². The third-order valence-corrected chi connectivity index (χ3v) is 8.96. The van der Waals surface area contributed by atoms with E-state index in [-0.39, 0.29) is 24.5 Å². The van der Waals surface area contributed by atoms with Crippen LogP contribution in [0.3, 0.4) is 0 Å². The van der Waals surface area contributed by atoms with Gasteiger partial charge >= 0.3 is 5.97 Å². The van der Waals surface area contributed by atoms with Gasteiger partial charge in [-0.1, -0.05) is 59.6 Å². The summed E-state index contributed by atoms with van der Waals surface area (Å²) in [5, 5.41) is 24.3. The Morgan fingerprint density at radius 3 is 2.47 bits per heavy atom. The van der Waals surface area contributed by atoms with Gasteiger partial charge in [0.2, 0.25) is 11.8 Å². The fraction of sp³-hybridized carbons (Fsp3) is 0.344. The monoisotopic (exact) mass is 649 g/mol. The largest absolute Gasteiger partial charge is 0.480 e. The van der Waals surface area contributed by atoms with E-state index in [0.717, 1.165) is 48.2 Å². The SMILES string of the molecule is COc1nc(-c2cccc(-c3cccc(-c4cc5n(n4)CCCC5NCC(=O)O)c3Cl)c2Cl)cnc1CNC[C@@H]1CCC(=O)N1. The lowest BCUT2D eigenvalue weighted by atomic mass is 9.98. The van der Waals surface area contributed by atoms with Gasteiger partial charge in [-0.15, -0.1) is 0 Å². The van der Waals surface area contributed by atoms with Crippen LogP contribution in [0.15, 0.2) is 48.7 Å². The van der Waals surface area contributed by atoms with Crippen molar-refractivity contribution in [3.63, 3.8) is 0 Å². The Morgan fingerprint density at radius 2 is 1.80 bits per heavy atom. The Kier molecular flexibility index (Phi) is 9.32. The van der Waals surface area contributed by atoms with Gasteiger partial charge in [0.15, 0.2) is 0 Å². The van der Waals surface area contributed by atoms with Crippen LogP contribution in [-0.2, 0) is 22.7 Å². The van der Waals surface area contributed by atoms with Crippen LogP contribution in [0.1, 0.15) is 43.1 Å². The van der Waals surface area contributed by atoms with E-state index in [1.165, 1.54) is 0 Å². The molecule has 0 saturated carbocycles. The number of carboxylic acids is 1. The average Bonchev–Trinajstić information content (AvgIpc) is 3.66. The van der Waals surface area contributed by atoms with Gasteiger partial charge in [-0.05, 0) is 25.3 Å². The zero-order valence-electron chi connectivity index (χ0n) is 24.6. The molecule has 45 heavy (non-hydrogen) atoms. The van der Waals surface area contributed by atoms with E-state index in [0.29, 0.717) is 58.1 Å². The molecule has 4 N–H and O–H groups in total. The van der Waals surface area contributed by atoms with Gasteiger partial charge in [-0.25, -0.2) is 4.98 Å². The van der Waals surface area contributed by atoms with E-state index in [1.54, 1.807) is 13.3 Å². The summed E-state index contributed by atoms with van der Waals surface area (Å²) >= 11 is 14.1. The molecular formula is C32H33Cl2N7O4. The van der Waals surface area contributed by atoms with Crippen LogP contribution in [-0.4, -0.2) is 63.0 Å². The Bertz CT molecular complexity index is 1740. The minimum absolute atomic E-state index is 0.0802. The zero-order valence-corrected chi connectivity index (χ0v) is 26.2. The quantitative estimate of drug-likeness (QED) is 0.179. The molecule has 2 aliphatic heterocycles. The van der Waals surface area contributed by atoms with E-state index < -0.39 is 5.97 Å². The highest BCUT2D eigenvalue weighted by Gasteiger charge is 2.25. The fourth-order valence-electron chi connectivity index (χ4n) is 5.92. The lowest BCUT2D eigenvalue weighted by molar-refractivity contribution is -0.136. The number of amides is 1. The van der Waals surface area contributed by atoms with E-state index in [1.807, 2.05) is 47.1 Å². The molecule has 4 aromatic rings. The number of aryl methyl sites for hydroxylation is 1.